The molecule has 16 heavy (non-hydrogen) atoms. The molecule has 0 saturated heterocycles. The Hall–Kier alpha value is -1.35. The van der Waals surface area contributed by atoms with E-state index in [4.69, 9.17) is 41.4 Å². The maximum absolute atomic E-state index is 11.1. The summed E-state index contributed by atoms with van der Waals surface area (Å²) in [5.74, 6) is -1.12. The van der Waals surface area contributed by atoms with Gasteiger partial charge in [-0.25, -0.2) is 0 Å². The van der Waals surface area contributed by atoms with Crippen LogP contribution in [0.4, 0.5) is 5.69 Å². The summed E-state index contributed by atoms with van der Waals surface area (Å²) < 4.78 is 0. The molecule has 0 spiro atoms. The van der Waals surface area contributed by atoms with Crippen LogP contribution in [0.2, 0.25) is 15.1 Å². The molecule has 0 radical (unpaired) electrons. The van der Waals surface area contributed by atoms with E-state index in [1.165, 1.54) is 0 Å². The number of rotatable bonds is 2. The first kappa shape index (κ1) is 12.7. The van der Waals surface area contributed by atoms with Gasteiger partial charge in [-0.2, -0.15) is 4.85 Å². The lowest BCUT2D eigenvalue weighted by atomic mass is 10.1. The number of halogens is 3. The van der Waals surface area contributed by atoms with Gasteiger partial charge in [-0.15, -0.1) is 0 Å². The monoisotopic (exact) mass is 278 g/mol. The van der Waals surface area contributed by atoms with Gasteiger partial charge in [0.15, 0.2) is 0 Å². The van der Waals surface area contributed by atoms with Gasteiger partial charge in [-0.05, 0) is 6.07 Å². The van der Waals surface area contributed by atoms with Crippen LogP contribution in [-0.2, 0) is 0 Å². The van der Waals surface area contributed by atoms with Crippen LogP contribution in [0.5, 0.6) is 0 Å². The van der Waals surface area contributed by atoms with Crippen molar-refractivity contribution >= 4 is 46.4 Å². The first-order valence-electron chi connectivity index (χ1n) is 3.63. The van der Waals surface area contributed by atoms with Crippen molar-refractivity contribution < 1.29 is 9.72 Å². The molecule has 0 saturated carbocycles. The maximum Gasteiger partial charge on any atom is 0.392 e. The van der Waals surface area contributed by atoms with E-state index in [-0.39, 0.29) is 10.0 Å². The average Bonchev–Trinajstić information content (AvgIpc) is 2.23. The summed E-state index contributed by atoms with van der Waals surface area (Å²) in [5.41, 5.74) is -1.18. The highest BCUT2D eigenvalue weighted by Gasteiger charge is 2.27. The Morgan fingerprint density at radius 1 is 1.38 bits per heavy atom. The molecule has 0 unspecified atom stereocenters. The number of hydrogen-bond donors (Lipinski definition) is 0. The molecule has 0 fully saturated rings. The summed E-state index contributed by atoms with van der Waals surface area (Å²) in [7, 11) is 0. The van der Waals surface area contributed by atoms with E-state index < -0.39 is 27.1 Å². The van der Waals surface area contributed by atoms with Crippen molar-refractivity contribution in [1.29, 1.82) is 0 Å². The summed E-state index contributed by atoms with van der Waals surface area (Å²) in [6.45, 7) is 6.51. The normalized spacial score (nSPS) is 9.62. The summed E-state index contributed by atoms with van der Waals surface area (Å²) in [6, 6.07) is 0.953. The average molecular weight is 279 g/mol. The number of amides is 1. The van der Waals surface area contributed by atoms with Crippen molar-refractivity contribution in [1.82, 2.24) is 0 Å². The van der Waals surface area contributed by atoms with Crippen LogP contribution in [0.15, 0.2) is 6.07 Å². The van der Waals surface area contributed by atoms with Crippen molar-refractivity contribution in [2.24, 2.45) is 0 Å². The van der Waals surface area contributed by atoms with Gasteiger partial charge in [-0.3, -0.25) is 10.1 Å². The van der Waals surface area contributed by atoms with Crippen LogP contribution >= 0.6 is 34.8 Å². The second-order valence-electron chi connectivity index (χ2n) is 2.56. The second-order valence-corrected chi connectivity index (χ2v) is 3.72. The molecule has 0 aliphatic rings. The fraction of sp³-hybridized carbons (Fsp3) is 0. The van der Waals surface area contributed by atoms with Crippen molar-refractivity contribution in [3.63, 3.8) is 0 Å². The number of carbonyl (C=O) groups excluding carboxylic acids is 1. The minimum absolute atomic E-state index is 0.121. The predicted molar refractivity (Wildman–Crippen MR) is 59.1 cm³/mol. The Morgan fingerprint density at radius 2 is 1.94 bits per heavy atom. The van der Waals surface area contributed by atoms with Crippen LogP contribution in [0.25, 0.3) is 4.85 Å². The van der Waals surface area contributed by atoms with Crippen molar-refractivity contribution in [2.45, 2.75) is 0 Å². The molecule has 8 heteroatoms. The van der Waals surface area contributed by atoms with Gasteiger partial charge in [0.2, 0.25) is 0 Å². The lowest BCUT2D eigenvalue weighted by Crippen LogP contribution is -2.01. The highest BCUT2D eigenvalue weighted by atomic mass is 35.5. The first-order valence-corrected chi connectivity index (χ1v) is 4.77. The highest BCUT2D eigenvalue weighted by Crippen LogP contribution is 2.40. The van der Waals surface area contributed by atoms with Gasteiger partial charge in [-0.1, -0.05) is 34.8 Å². The van der Waals surface area contributed by atoms with Gasteiger partial charge in [0.25, 0.3) is 5.69 Å². The van der Waals surface area contributed by atoms with E-state index in [1.807, 2.05) is 0 Å². The number of carbonyl (C=O) groups is 1. The van der Waals surface area contributed by atoms with Crippen LogP contribution in [0.1, 0.15) is 10.4 Å². The lowest BCUT2D eigenvalue weighted by molar-refractivity contribution is -0.384. The van der Waals surface area contributed by atoms with Crippen molar-refractivity contribution in [3.05, 3.63) is 48.2 Å². The third-order valence-corrected chi connectivity index (χ3v) is 2.90. The molecule has 0 N–H and O–H groups in total. The number of nitro groups is 1. The molecule has 5 nitrogen and oxygen atoms in total. The maximum atomic E-state index is 11.1. The molecule has 1 aromatic carbocycles. The van der Waals surface area contributed by atoms with Crippen LogP contribution in [-0.4, -0.2) is 10.8 Å². The fourth-order valence-electron chi connectivity index (χ4n) is 0.987. The van der Waals surface area contributed by atoms with E-state index in [1.54, 1.807) is 0 Å². The molecule has 0 heterocycles. The van der Waals surface area contributed by atoms with Gasteiger partial charge < -0.3 is 4.79 Å². The Kier molecular flexibility index (Phi) is 3.70. The first-order chi connectivity index (χ1) is 7.40. The van der Waals surface area contributed by atoms with Gasteiger partial charge in [0.05, 0.1) is 21.5 Å². The van der Waals surface area contributed by atoms with Gasteiger partial charge >= 0.3 is 5.91 Å². The quantitative estimate of drug-likeness (QED) is 0.359. The number of nitro benzene ring substituents is 1. The standard InChI is InChI=1S/C8HCl3N2O3/c1-12-8(14)3-2-4(9)5(10)6(11)7(3)13(15)16/h2H. The van der Waals surface area contributed by atoms with E-state index in [0.29, 0.717) is 0 Å². The Labute approximate surface area is 104 Å². The molecular formula is C8HCl3N2O3. The van der Waals surface area contributed by atoms with E-state index in [2.05, 4.69) is 4.85 Å². The zero-order chi connectivity index (χ0) is 12.5. The molecule has 82 valence electrons. The minimum atomic E-state index is -1.12. The van der Waals surface area contributed by atoms with E-state index >= 15 is 0 Å². The Morgan fingerprint density at radius 3 is 2.38 bits per heavy atom. The molecule has 0 aromatic heterocycles. The zero-order valence-electron chi connectivity index (χ0n) is 7.33. The third kappa shape index (κ3) is 2.09. The second kappa shape index (κ2) is 4.66. The number of nitrogens with zero attached hydrogens (tertiary/aromatic N) is 2. The number of hydrogen-bond acceptors (Lipinski definition) is 3. The molecule has 1 rings (SSSR count). The Balaban J connectivity index is 3.68. The fourth-order valence-corrected chi connectivity index (χ4v) is 1.66. The summed E-state index contributed by atoms with van der Waals surface area (Å²) in [6.07, 6.45) is 0. The predicted octanol–water partition coefficient (Wildman–Crippen LogP) is 3.61. The molecule has 1 aromatic rings. The van der Waals surface area contributed by atoms with E-state index in [0.717, 1.165) is 6.07 Å². The van der Waals surface area contributed by atoms with Crippen LogP contribution < -0.4 is 0 Å². The molecule has 0 bridgehead atoms. The Bertz CT molecular complexity index is 536. The minimum Gasteiger partial charge on any atom is -0.310 e. The van der Waals surface area contributed by atoms with Crippen molar-refractivity contribution in [3.8, 4) is 0 Å². The molecule has 1 amide bonds. The van der Waals surface area contributed by atoms with Crippen LogP contribution in [0.3, 0.4) is 0 Å². The SMILES string of the molecule is [C-]#[N+]C(=O)c1cc(Cl)c(Cl)c(Cl)c1[N+](=O)[O-]. The summed E-state index contributed by atoms with van der Waals surface area (Å²) >= 11 is 16.8. The van der Waals surface area contributed by atoms with Crippen LogP contribution in [0, 0.1) is 16.7 Å². The molecular weight excluding hydrogens is 278 g/mol. The summed E-state index contributed by atoms with van der Waals surface area (Å²) in [4.78, 5) is 23.5. The molecule has 0 aliphatic carbocycles. The topological polar surface area (TPSA) is 64.6 Å². The third-order valence-electron chi connectivity index (χ3n) is 1.65. The highest BCUT2D eigenvalue weighted by molar-refractivity contribution is 6.49. The number of benzene rings is 1. The van der Waals surface area contributed by atoms with E-state index in [9.17, 15) is 14.9 Å². The van der Waals surface area contributed by atoms with Gasteiger partial charge in [0.1, 0.15) is 10.6 Å². The smallest absolute Gasteiger partial charge is 0.310 e. The zero-order valence-corrected chi connectivity index (χ0v) is 9.60. The largest absolute Gasteiger partial charge is 0.392 e. The summed E-state index contributed by atoms with van der Waals surface area (Å²) in [5, 5.41) is 9.89. The molecule has 0 aliphatic heterocycles. The van der Waals surface area contributed by atoms with Gasteiger partial charge in [0, 0.05) is 0 Å². The molecule has 0 atom stereocenters. The lowest BCUT2D eigenvalue weighted by Gasteiger charge is -2.03. The van der Waals surface area contributed by atoms with Crippen molar-refractivity contribution in [2.75, 3.05) is 0 Å².